The van der Waals surface area contributed by atoms with Crippen LogP contribution < -0.4 is 5.32 Å². The number of benzene rings is 2. The number of nitrogens with one attached hydrogen (secondary N) is 1. The number of nitrogens with zero attached hydrogens (tertiary/aromatic N) is 3. The fourth-order valence-corrected chi connectivity index (χ4v) is 4.29. The van der Waals surface area contributed by atoms with Gasteiger partial charge in [0.2, 0.25) is 5.91 Å². The molecule has 1 aliphatic heterocycles. The molecule has 2 aromatic carbocycles. The molecule has 9 heteroatoms. The van der Waals surface area contributed by atoms with Gasteiger partial charge in [-0.2, -0.15) is 0 Å². The van der Waals surface area contributed by atoms with Crippen LogP contribution >= 0.6 is 11.6 Å². The topological polar surface area (TPSA) is 93.5 Å². The molecule has 0 aliphatic carbocycles. The predicted molar refractivity (Wildman–Crippen MR) is 126 cm³/mol. The molecule has 0 saturated heterocycles. The number of methoxy groups -OCH3 is 1. The number of amides is 2. The van der Waals surface area contributed by atoms with Crippen LogP contribution in [0.5, 0.6) is 0 Å². The number of carbonyl (C=O) groups excluding carboxylic acids is 3. The average Bonchev–Trinajstić information content (AvgIpc) is 3.24. The van der Waals surface area contributed by atoms with Crippen molar-refractivity contribution >= 4 is 29.4 Å². The van der Waals surface area contributed by atoms with Gasteiger partial charge in [-0.15, -0.1) is 0 Å². The minimum absolute atomic E-state index is 0.0780. The number of aryl methyl sites for hydroxylation is 1. The van der Waals surface area contributed by atoms with Crippen molar-refractivity contribution in [3.8, 4) is 0 Å². The van der Waals surface area contributed by atoms with E-state index in [1.54, 1.807) is 25.1 Å². The van der Waals surface area contributed by atoms with E-state index < -0.39 is 17.4 Å². The normalized spacial score (nSPS) is 17.3. The Bertz CT molecular complexity index is 1250. The number of hydrogen-bond acceptors (Lipinski definition) is 5. The highest BCUT2D eigenvalue weighted by Gasteiger charge is 2.48. The summed E-state index contributed by atoms with van der Waals surface area (Å²) in [6.07, 6.45) is 1.39. The highest BCUT2D eigenvalue weighted by atomic mass is 35.5. The highest BCUT2D eigenvalue weighted by Crippen LogP contribution is 2.31. The van der Waals surface area contributed by atoms with Gasteiger partial charge in [0.1, 0.15) is 11.2 Å². The Morgan fingerprint density at radius 1 is 1.18 bits per heavy atom. The van der Waals surface area contributed by atoms with E-state index >= 15 is 0 Å². The van der Waals surface area contributed by atoms with Crippen molar-refractivity contribution in [2.75, 3.05) is 7.11 Å². The molecule has 34 heavy (non-hydrogen) atoms. The quantitative estimate of drug-likeness (QED) is 0.546. The van der Waals surface area contributed by atoms with Crippen LogP contribution in [0.25, 0.3) is 0 Å². The summed E-state index contributed by atoms with van der Waals surface area (Å²) in [7, 11) is 1.23. The fraction of sp³-hybridized carbons (Fsp3) is 0.280. The Morgan fingerprint density at radius 3 is 2.59 bits per heavy atom. The van der Waals surface area contributed by atoms with Crippen molar-refractivity contribution in [3.05, 3.63) is 88.0 Å². The molecular formula is C25H25ClN4O4. The average molecular weight is 481 g/mol. The first-order valence-corrected chi connectivity index (χ1v) is 11.1. The van der Waals surface area contributed by atoms with E-state index in [9.17, 15) is 14.4 Å². The van der Waals surface area contributed by atoms with Gasteiger partial charge in [-0.1, -0.05) is 53.6 Å². The fourth-order valence-electron chi connectivity index (χ4n) is 4.08. The third kappa shape index (κ3) is 4.41. The number of aromatic nitrogens is 2. The van der Waals surface area contributed by atoms with Gasteiger partial charge in [-0.25, -0.2) is 9.78 Å². The monoisotopic (exact) mass is 480 g/mol. The van der Waals surface area contributed by atoms with E-state index in [0.717, 1.165) is 16.7 Å². The molecule has 0 radical (unpaired) electrons. The van der Waals surface area contributed by atoms with Crippen molar-refractivity contribution in [2.24, 2.45) is 0 Å². The van der Waals surface area contributed by atoms with Crippen LogP contribution in [0.2, 0.25) is 5.02 Å². The lowest BCUT2D eigenvalue weighted by molar-refractivity contribution is -0.133. The van der Waals surface area contributed by atoms with Gasteiger partial charge in [0.05, 0.1) is 20.0 Å². The van der Waals surface area contributed by atoms with Crippen molar-refractivity contribution in [3.63, 3.8) is 0 Å². The molecule has 0 saturated carbocycles. The predicted octanol–water partition coefficient (Wildman–Crippen LogP) is 3.36. The van der Waals surface area contributed by atoms with Crippen molar-refractivity contribution in [1.82, 2.24) is 19.8 Å². The first-order chi connectivity index (χ1) is 16.2. The third-order valence-electron chi connectivity index (χ3n) is 6.03. The third-order valence-corrected chi connectivity index (χ3v) is 6.27. The number of imidazole rings is 1. The van der Waals surface area contributed by atoms with Crippen LogP contribution in [-0.4, -0.2) is 44.9 Å². The van der Waals surface area contributed by atoms with E-state index in [0.29, 0.717) is 11.6 Å². The summed E-state index contributed by atoms with van der Waals surface area (Å²) in [4.78, 5) is 45.0. The summed E-state index contributed by atoms with van der Waals surface area (Å²) < 4.78 is 6.33. The second-order valence-electron chi connectivity index (χ2n) is 8.52. The van der Waals surface area contributed by atoms with Crippen molar-refractivity contribution in [1.29, 1.82) is 0 Å². The van der Waals surface area contributed by atoms with Gasteiger partial charge in [0, 0.05) is 18.1 Å². The number of ether oxygens (including phenoxy) is 1. The molecule has 4 rings (SSSR count). The zero-order valence-electron chi connectivity index (χ0n) is 19.2. The lowest BCUT2D eigenvalue weighted by atomic mass is 9.93. The maximum Gasteiger partial charge on any atom is 0.359 e. The lowest BCUT2D eigenvalue weighted by Gasteiger charge is -2.43. The van der Waals surface area contributed by atoms with Gasteiger partial charge >= 0.3 is 5.97 Å². The number of halogens is 1. The van der Waals surface area contributed by atoms with Crippen LogP contribution in [-0.2, 0) is 29.2 Å². The van der Waals surface area contributed by atoms with Gasteiger partial charge < -0.3 is 19.5 Å². The van der Waals surface area contributed by atoms with E-state index in [1.807, 2.05) is 37.3 Å². The van der Waals surface area contributed by atoms with Gasteiger partial charge in [-0.3, -0.25) is 9.59 Å². The van der Waals surface area contributed by atoms with E-state index in [4.69, 9.17) is 16.3 Å². The maximum absolute atomic E-state index is 13.7. The SMILES string of the molecule is COC(=O)c1ncn2c1C(=O)N(Cc1cccc(Cl)c1)[C@](C)(C(=O)NCc1ccc(C)cc1)C2. The van der Waals surface area contributed by atoms with Crippen LogP contribution in [0, 0.1) is 6.92 Å². The molecule has 0 unspecified atom stereocenters. The Balaban J connectivity index is 1.69. The summed E-state index contributed by atoms with van der Waals surface area (Å²) in [5.41, 5.74) is 1.60. The minimum atomic E-state index is -1.24. The number of fused-ring (bicyclic) bond motifs is 1. The molecule has 0 spiro atoms. The first kappa shape index (κ1) is 23.5. The number of rotatable bonds is 6. The Kier molecular flexibility index (Phi) is 6.43. The van der Waals surface area contributed by atoms with Crippen LogP contribution in [0.4, 0.5) is 0 Å². The second kappa shape index (κ2) is 9.30. The molecule has 0 fully saturated rings. The van der Waals surface area contributed by atoms with E-state index in [-0.39, 0.29) is 30.4 Å². The molecule has 1 aromatic heterocycles. The summed E-state index contributed by atoms with van der Waals surface area (Å²) in [5, 5.41) is 3.48. The van der Waals surface area contributed by atoms with Crippen LogP contribution in [0.1, 0.15) is 44.6 Å². The Labute approximate surface area is 202 Å². The molecule has 1 atom stereocenters. The standard InChI is InChI=1S/C25H25ClN4O4/c1-16-7-9-17(10-8-16)12-27-24(33)25(2)14-29-15-28-20(23(32)34-3)21(29)22(31)30(25)13-18-5-4-6-19(26)11-18/h4-11,15H,12-14H2,1-3H3,(H,27,33)/t25-/m0/s1. The van der Waals surface area contributed by atoms with Crippen LogP contribution in [0.15, 0.2) is 54.9 Å². The van der Waals surface area contributed by atoms with Crippen molar-refractivity contribution in [2.45, 2.75) is 39.0 Å². The Hall–Kier alpha value is -3.65. The lowest BCUT2D eigenvalue weighted by Crippen LogP contribution is -2.63. The minimum Gasteiger partial charge on any atom is -0.464 e. The summed E-state index contributed by atoms with van der Waals surface area (Å²) in [5.74, 6) is -1.52. The molecular weight excluding hydrogens is 456 g/mol. The number of hydrogen-bond donors (Lipinski definition) is 1. The zero-order valence-corrected chi connectivity index (χ0v) is 19.9. The summed E-state index contributed by atoms with van der Waals surface area (Å²) >= 11 is 6.15. The second-order valence-corrected chi connectivity index (χ2v) is 8.96. The number of esters is 1. The molecule has 0 bridgehead atoms. The molecule has 1 N–H and O–H groups in total. The van der Waals surface area contributed by atoms with Gasteiger partial charge in [0.25, 0.3) is 5.91 Å². The number of carbonyl (C=O) groups is 3. The van der Waals surface area contributed by atoms with E-state index in [1.165, 1.54) is 22.9 Å². The smallest absolute Gasteiger partial charge is 0.359 e. The molecule has 8 nitrogen and oxygen atoms in total. The molecule has 3 aromatic rings. The molecule has 176 valence electrons. The summed E-state index contributed by atoms with van der Waals surface area (Å²) in [6, 6.07) is 14.9. The molecule has 2 heterocycles. The largest absolute Gasteiger partial charge is 0.464 e. The maximum atomic E-state index is 13.7. The summed E-state index contributed by atoms with van der Waals surface area (Å²) in [6.45, 7) is 4.27. The molecule has 2 amide bonds. The van der Waals surface area contributed by atoms with Crippen LogP contribution in [0.3, 0.4) is 0 Å². The highest BCUT2D eigenvalue weighted by molar-refractivity contribution is 6.30. The van der Waals surface area contributed by atoms with Gasteiger partial charge in [-0.05, 0) is 37.1 Å². The Morgan fingerprint density at radius 2 is 1.91 bits per heavy atom. The first-order valence-electron chi connectivity index (χ1n) is 10.8. The zero-order chi connectivity index (χ0) is 24.5. The van der Waals surface area contributed by atoms with Crippen molar-refractivity contribution < 1.29 is 19.1 Å². The molecule has 1 aliphatic rings. The van der Waals surface area contributed by atoms with E-state index in [2.05, 4.69) is 10.3 Å². The van der Waals surface area contributed by atoms with Gasteiger partial charge in [0.15, 0.2) is 5.69 Å².